The van der Waals surface area contributed by atoms with Crippen LogP contribution in [0.4, 0.5) is 0 Å². The zero-order valence-electron chi connectivity index (χ0n) is 16.7. The molecule has 2 aromatic heterocycles. The predicted molar refractivity (Wildman–Crippen MR) is 118 cm³/mol. The Balaban J connectivity index is 1.65. The van der Waals surface area contributed by atoms with E-state index in [0.29, 0.717) is 18.2 Å². The van der Waals surface area contributed by atoms with E-state index >= 15 is 0 Å². The van der Waals surface area contributed by atoms with Crippen molar-refractivity contribution in [2.24, 2.45) is 5.92 Å². The molecule has 1 aliphatic carbocycles. The van der Waals surface area contributed by atoms with Gasteiger partial charge in [0.25, 0.3) is 11.1 Å². The van der Waals surface area contributed by atoms with Gasteiger partial charge in [0.15, 0.2) is 5.75 Å². The van der Waals surface area contributed by atoms with Crippen LogP contribution in [0, 0.1) is 17.2 Å². The molecule has 4 rings (SSSR count). The van der Waals surface area contributed by atoms with Gasteiger partial charge in [-0.05, 0) is 37.0 Å². The number of pyridine rings is 1. The van der Waals surface area contributed by atoms with Crippen LogP contribution < -0.4 is 21.5 Å². The van der Waals surface area contributed by atoms with Gasteiger partial charge in [0.1, 0.15) is 11.8 Å². The van der Waals surface area contributed by atoms with Gasteiger partial charge in [-0.3, -0.25) is 14.6 Å². The van der Waals surface area contributed by atoms with Gasteiger partial charge < -0.3 is 9.30 Å². The van der Waals surface area contributed by atoms with Crippen LogP contribution in [0.15, 0.2) is 44.8 Å². The van der Waals surface area contributed by atoms with Crippen LogP contribution in [-0.4, -0.2) is 19.3 Å². The lowest BCUT2D eigenvalue weighted by molar-refractivity contribution is 0.432. The van der Waals surface area contributed by atoms with Crippen molar-refractivity contribution in [1.82, 2.24) is 19.3 Å². The second-order valence-electron chi connectivity index (χ2n) is 7.48. The fraction of sp³-hybridized carbons (Fsp3) is 0.286. The maximum Gasteiger partial charge on any atom is 0.349 e. The first-order valence-corrected chi connectivity index (χ1v) is 10.6. The number of nitrogens with zero attached hydrogens (tertiary/aromatic N) is 4. The maximum absolute atomic E-state index is 12.2. The SMILES string of the molecule is N#Cc1nn(-c2cc(Cl)c(Oc3ccc(=O)n(CC4CCCC4)c3)c(Cl)c2)c(=O)[nH]c1=O. The first-order chi connectivity index (χ1) is 15.4. The molecule has 1 N–H and O–H groups in total. The summed E-state index contributed by atoms with van der Waals surface area (Å²) in [5, 5.41) is 12.9. The van der Waals surface area contributed by atoms with E-state index in [1.165, 1.54) is 37.1 Å². The van der Waals surface area contributed by atoms with Gasteiger partial charge in [0.05, 0.1) is 15.7 Å². The number of hydrogen-bond acceptors (Lipinski definition) is 6. The predicted octanol–water partition coefficient (Wildman–Crippen LogP) is 3.24. The van der Waals surface area contributed by atoms with E-state index in [-0.39, 0.29) is 27.0 Å². The quantitative estimate of drug-likeness (QED) is 0.606. The summed E-state index contributed by atoms with van der Waals surface area (Å²) in [6.07, 6.45) is 6.17. The molecule has 2 heterocycles. The number of nitrogens with one attached hydrogen (secondary N) is 1. The zero-order valence-corrected chi connectivity index (χ0v) is 18.2. The number of halogens is 2. The van der Waals surface area contributed by atoms with Gasteiger partial charge >= 0.3 is 5.69 Å². The molecule has 164 valence electrons. The van der Waals surface area contributed by atoms with Crippen molar-refractivity contribution in [2.75, 3.05) is 0 Å². The highest BCUT2D eigenvalue weighted by molar-refractivity contribution is 6.37. The molecule has 11 heteroatoms. The average molecular weight is 474 g/mol. The molecule has 0 bridgehead atoms. The Hall–Kier alpha value is -3.35. The Morgan fingerprint density at radius 2 is 1.84 bits per heavy atom. The van der Waals surface area contributed by atoms with Crippen molar-refractivity contribution in [3.05, 3.63) is 77.4 Å². The minimum absolute atomic E-state index is 0.0689. The Kier molecular flexibility index (Phi) is 6.17. The number of rotatable bonds is 5. The highest BCUT2D eigenvalue weighted by Crippen LogP contribution is 2.38. The van der Waals surface area contributed by atoms with Crippen LogP contribution in [0.5, 0.6) is 11.5 Å². The fourth-order valence-corrected chi connectivity index (χ4v) is 4.27. The highest BCUT2D eigenvalue weighted by atomic mass is 35.5. The van der Waals surface area contributed by atoms with E-state index in [9.17, 15) is 14.4 Å². The van der Waals surface area contributed by atoms with Crippen molar-refractivity contribution in [2.45, 2.75) is 32.2 Å². The standard InChI is InChI=1S/C21H17Cl2N5O4/c22-15-7-13(28-21(31)25-20(30)17(9-24)26-28)8-16(23)19(15)32-14-5-6-18(29)27(11-14)10-12-3-1-2-4-12/h5-8,11-12H,1-4,10H2,(H,25,30,31). The van der Waals surface area contributed by atoms with Crippen LogP contribution in [-0.2, 0) is 6.54 Å². The van der Waals surface area contributed by atoms with Gasteiger partial charge in [-0.15, -0.1) is 5.10 Å². The zero-order chi connectivity index (χ0) is 22.8. The molecule has 9 nitrogen and oxygen atoms in total. The van der Waals surface area contributed by atoms with Crippen LogP contribution in [0.2, 0.25) is 10.0 Å². The van der Waals surface area contributed by atoms with Gasteiger partial charge in [-0.2, -0.15) is 9.94 Å². The minimum Gasteiger partial charge on any atom is -0.453 e. The molecule has 3 aromatic rings. The van der Waals surface area contributed by atoms with Crippen LogP contribution in [0.3, 0.4) is 0 Å². The molecular formula is C21H17Cl2N5O4. The Labute approximate surface area is 191 Å². The summed E-state index contributed by atoms with van der Waals surface area (Å²) in [5.74, 6) is 0.974. The summed E-state index contributed by atoms with van der Waals surface area (Å²) >= 11 is 12.7. The maximum atomic E-state index is 12.2. The molecule has 0 saturated heterocycles. The van der Waals surface area contributed by atoms with Gasteiger partial charge in [-0.25, -0.2) is 4.79 Å². The van der Waals surface area contributed by atoms with Gasteiger partial charge in [-0.1, -0.05) is 36.0 Å². The second-order valence-corrected chi connectivity index (χ2v) is 8.29. The normalized spacial score (nSPS) is 13.8. The molecule has 1 aliphatic rings. The fourth-order valence-electron chi connectivity index (χ4n) is 3.72. The van der Waals surface area contributed by atoms with Crippen molar-refractivity contribution >= 4 is 23.2 Å². The molecule has 0 unspecified atom stereocenters. The van der Waals surface area contributed by atoms with Crippen LogP contribution in [0.1, 0.15) is 31.4 Å². The Morgan fingerprint density at radius 1 is 1.16 bits per heavy atom. The Morgan fingerprint density at radius 3 is 2.50 bits per heavy atom. The summed E-state index contributed by atoms with van der Waals surface area (Å²) < 4.78 is 8.27. The lowest BCUT2D eigenvalue weighted by Crippen LogP contribution is -2.33. The Bertz CT molecular complexity index is 1370. The number of aromatic amines is 1. The molecule has 0 spiro atoms. The summed E-state index contributed by atoms with van der Waals surface area (Å²) in [4.78, 5) is 37.9. The molecule has 0 aliphatic heterocycles. The van der Waals surface area contributed by atoms with E-state index in [1.807, 2.05) is 4.98 Å². The van der Waals surface area contributed by atoms with Crippen LogP contribution >= 0.6 is 23.2 Å². The number of aromatic nitrogens is 4. The molecule has 1 aromatic carbocycles. The lowest BCUT2D eigenvalue weighted by atomic mass is 10.1. The molecule has 0 amide bonds. The molecule has 1 saturated carbocycles. The van der Waals surface area contributed by atoms with Crippen molar-refractivity contribution in [3.8, 4) is 23.3 Å². The summed E-state index contributed by atoms with van der Waals surface area (Å²) in [5.41, 5.74) is -2.21. The molecule has 1 fully saturated rings. The number of hydrogen-bond donors (Lipinski definition) is 1. The third-order valence-electron chi connectivity index (χ3n) is 5.27. The monoisotopic (exact) mass is 473 g/mol. The third-order valence-corrected chi connectivity index (χ3v) is 5.83. The van der Waals surface area contributed by atoms with Crippen molar-refractivity contribution < 1.29 is 4.74 Å². The summed E-state index contributed by atoms with van der Waals surface area (Å²) in [6.45, 7) is 0.623. The van der Waals surface area contributed by atoms with E-state index in [4.69, 9.17) is 33.2 Å². The largest absolute Gasteiger partial charge is 0.453 e. The van der Waals surface area contributed by atoms with Crippen molar-refractivity contribution in [3.63, 3.8) is 0 Å². The summed E-state index contributed by atoms with van der Waals surface area (Å²) in [6, 6.07) is 7.29. The number of ether oxygens (including phenoxy) is 1. The first-order valence-electron chi connectivity index (χ1n) is 9.87. The van der Waals surface area contributed by atoms with Gasteiger partial charge in [0, 0.05) is 18.8 Å². The van der Waals surface area contributed by atoms with E-state index < -0.39 is 16.9 Å². The first kappa shape index (κ1) is 21.9. The summed E-state index contributed by atoms with van der Waals surface area (Å²) in [7, 11) is 0. The molecular weight excluding hydrogens is 457 g/mol. The number of benzene rings is 1. The molecule has 0 atom stereocenters. The van der Waals surface area contributed by atoms with E-state index in [0.717, 1.165) is 17.5 Å². The number of nitriles is 1. The highest BCUT2D eigenvalue weighted by Gasteiger charge is 2.18. The van der Waals surface area contributed by atoms with Crippen molar-refractivity contribution in [1.29, 1.82) is 5.26 Å². The molecule has 0 radical (unpaired) electrons. The lowest BCUT2D eigenvalue weighted by Gasteiger charge is -2.15. The van der Waals surface area contributed by atoms with Crippen LogP contribution in [0.25, 0.3) is 5.69 Å². The topological polar surface area (TPSA) is 123 Å². The van der Waals surface area contributed by atoms with E-state index in [1.54, 1.807) is 16.8 Å². The molecule has 32 heavy (non-hydrogen) atoms. The minimum atomic E-state index is -0.890. The third kappa shape index (κ3) is 4.47. The second kappa shape index (κ2) is 9.02. The number of H-pyrrole nitrogens is 1. The van der Waals surface area contributed by atoms with E-state index in [2.05, 4.69) is 5.10 Å². The smallest absolute Gasteiger partial charge is 0.349 e. The average Bonchev–Trinajstić information content (AvgIpc) is 3.26. The van der Waals surface area contributed by atoms with Gasteiger partial charge in [0.2, 0.25) is 5.69 Å².